The first-order valence-electron chi connectivity index (χ1n) is 5.51. The van der Waals surface area contributed by atoms with Crippen molar-refractivity contribution in [1.29, 1.82) is 0 Å². The highest BCUT2D eigenvalue weighted by Crippen LogP contribution is 2.31. The molecule has 2 rings (SSSR count). The molecule has 1 aromatic carbocycles. The van der Waals surface area contributed by atoms with Gasteiger partial charge in [0.15, 0.2) is 5.78 Å². The highest BCUT2D eigenvalue weighted by molar-refractivity contribution is 5.88. The van der Waals surface area contributed by atoms with Crippen molar-refractivity contribution in [1.82, 2.24) is 4.90 Å². The number of carbonyl (C=O) groups excluding carboxylic acids is 1. The number of β-amino-alcohol motifs (C(OH)–C–C–N with tert-alkyl or cyclic N) is 1. The highest BCUT2D eigenvalue weighted by atomic mass is 16.3. The van der Waals surface area contributed by atoms with E-state index in [4.69, 9.17) is 0 Å². The molecule has 1 N–H and O–H groups in total. The van der Waals surface area contributed by atoms with Crippen LogP contribution in [0.5, 0.6) is 0 Å². The average Bonchev–Trinajstić information content (AvgIpc) is 2.24. The van der Waals surface area contributed by atoms with Crippen LogP contribution in [0.15, 0.2) is 30.3 Å². The van der Waals surface area contributed by atoms with Crippen LogP contribution in [0.1, 0.15) is 24.9 Å². The maximum absolute atomic E-state index is 11.8. The molecular weight excluding hydrogens is 202 g/mol. The van der Waals surface area contributed by atoms with Crippen molar-refractivity contribution < 1.29 is 9.90 Å². The number of rotatable bonds is 1. The van der Waals surface area contributed by atoms with Crippen molar-refractivity contribution in [2.24, 2.45) is 0 Å². The molecule has 16 heavy (non-hydrogen) atoms. The number of carbonyl (C=O) groups is 1. The summed E-state index contributed by atoms with van der Waals surface area (Å²) in [6.45, 7) is 1.98. The molecule has 0 radical (unpaired) electrons. The monoisotopic (exact) mass is 219 g/mol. The van der Waals surface area contributed by atoms with Gasteiger partial charge in [0, 0.05) is 19.0 Å². The van der Waals surface area contributed by atoms with Crippen LogP contribution in [0.25, 0.3) is 0 Å². The minimum atomic E-state index is -1.19. The maximum atomic E-state index is 11.8. The lowest BCUT2D eigenvalue weighted by Gasteiger charge is -2.39. The van der Waals surface area contributed by atoms with Crippen molar-refractivity contribution in [3.63, 3.8) is 0 Å². The first-order chi connectivity index (χ1) is 7.50. The van der Waals surface area contributed by atoms with Crippen LogP contribution in [0.2, 0.25) is 0 Å². The molecule has 0 spiro atoms. The molecule has 0 bridgehead atoms. The third kappa shape index (κ3) is 2.01. The minimum absolute atomic E-state index is 0.0700. The third-order valence-electron chi connectivity index (χ3n) is 3.25. The zero-order valence-corrected chi connectivity index (χ0v) is 9.68. The van der Waals surface area contributed by atoms with Crippen LogP contribution < -0.4 is 0 Å². The van der Waals surface area contributed by atoms with Crippen molar-refractivity contribution in [3.8, 4) is 0 Å². The molecule has 0 aliphatic carbocycles. The second kappa shape index (κ2) is 4.00. The quantitative estimate of drug-likeness (QED) is 0.775. The summed E-state index contributed by atoms with van der Waals surface area (Å²) in [6, 6.07) is 10.0. The molecule has 2 atom stereocenters. The highest BCUT2D eigenvalue weighted by Gasteiger charge is 2.40. The molecule has 1 aliphatic heterocycles. The van der Waals surface area contributed by atoms with E-state index in [2.05, 4.69) is 0 Å². The summed E-state index contributed by atoms with van der Waals surface area (Å²) in [7, 11) is 1.94. The van der Waals surface area contributed by atoms with E-state index in [0.717, 1.165) is 5.56 Å². The Balaban J connectivity index is 2.23. The first-order valence-corrected chi connectivity index (χ1v) is 5.51. The van der Waals surface area contributed by atoms with Gasteiger partial charge >= 0.3 is 0 Å². The predicted octanol–water partition coefficient (Wildman–Crippen LogP) is 1.38. The number of ketones is 1. The molecule has 1 heterocycles. The number of hydrogen-bond donors (Lipinski definition) is 1. The summed E-state index contributed by atoms with van der Waals surface area (Å²) in [6.07, 6.45) is 0.382. The van der Waals surface area contributed by atoms with E-state index in [1.165, 1.54) is 0 Å². The third-order valence-corrected chi connectivity index (χ3v) is 3.25. The van der Waals surface area contributed by atoms with Gasteiger partial charge in [-0.2, -0.15) is 0 Å². The summed E-state index contributed by atoms with van der Waals surface area (Å²) < 4.78 is 0. The largest absolute Gasteiger partial charge is 0.381 e. The predicted molar refractivity (Wildman–Crippen MR) is 62.1 cm³/mol. The Bertz CT molecular complexity index is 386. The van der Waals surface area contributed by atoms with E-state index in [9.17, 15) is 9.90 Å². The van der Waals surface area contributed by atoms with Gasteiger partial charge in [0.25, 0.3) is 0 Å². The zero-order chi connectivity index (χ0) is 11.8. The fourth-order valence-corrected chi connectivity index (χ4v) is 2.28. The summed E-state index contributed by atoms with van der Waals surface area (Å²) in [4.78, 5) is 13.8. The molecule has 1 fully saturated rings. The van der Waals surface area contributed by atoms with Gasteiger partial charge in [-0.15, -0.1) is 0 Å². The Morgan fingerprint density at radius 2 is 2.00 bits per heavy atom. The van der Waals surface area contributed by atoms with Gasteiger partial charge in [0.05, 0.1) is 0 Å². The number of benzene rings is 1. The topological polar surface area (TPSA) is 40.5 Å². The molecule has 3 nitrogen and oxygen atoms in total. The van der Waals surface area contributed by atoms with E-state index in [0.29, 0.717) is 13.0 Å². The lowest BCUT2D eigenvalue weighted by molar-refractivity contribution is -0.144. The Morgan fingerprint density at radius 3 is 2.62 bits per heavy atom. The van der Waals surface area contributed by atoms with Gasteiger partial charge in [0.1, 0.15) is 5.60 Å². The maximum Gasteiger partial charge on any atom is 0.167 e. The lowest BCUT2D eigenvalue weighted by Crippen LogP contribution is -2.52. The molecule has 0 amide bonds. The zero-order valence-electron chi connectivity index (χ0n) is 9.68. The van der Waals surface area contributed by atoms with Gasteiger partial charge < -0.3 is 5.11 Å². The summed E-state index contributed by atoms with van der Waals surface area (Å²) in [5, 5.41) is 9.89. The lowest BCUT2D eigenvalue weighted by atomic mass is 9.86. The molecule has 0 aromatic heterocycles. The van der Waals surface area contributed by atoms with Crippen LogP contribution in [0.4, 0.5) is 0 Å². The second-order valence-corrected chi connectivity index (χ2v) is 4.74. The van der Waals surface area contributed by atoms with E-state index < -0.39 is 5.60 Å². The molecule has 1 aromatic rings. The van der Waals surface area contributed by atoms with Gasteiger partial charge in [-0.25, -0.2) is 0 Å². The molecule has 1 aliphatic rings. The average molecular weight is 219 g/mol. The van der Waals surface area contributed by atoms with Crippen molar-refractivity contribution in [2.75, 3.05) is 13.6 Å². The van der Waals surface area contributed by atoms with Crippen molar-refractivity contribution in [3.05, 3.63) is 35.9 Å². The first kappa shape index (κ1) is 11.3. The molecule has 86 valence electrons. The van der Waals surface area contributed by atoms with Crippen LogP contribution in [-0.2, 0) is 4.79 Å². The smallest absolute Gasteiger partial charge is 0.167 e. The number of likely N-dealkylation sites (N-methyl/N-ethyl adjacent to an activating group) is 1. The summed E-state index contributed by atoms with van der Waals surface area (Å²) in [5.41, 5.74) is -0.0612. The Labute approximate surface area is 95.7 Å². The van der Waals surface area contributed by atoms with E-state index in [1.807, 2.05) is 42.3 Å². The normalized spacial score (nSPS) is 31.7. The molecule has 1 saturated heterocycles. The summed E-state index contributed by atoms with van der Waals surface area (Å²) in [5.74, 6) is -0.0700. The standard InChI is InChI=1S/C13H17NO2/c1-13(16)9-14(2)11(8-12(13)15)10-6-4-3-5-7-10/h3-7,11,16H,8-9H2,1-2H3/t11?,13-/m0/s1. The van der Waals surface area contributed by atoms with Crippen LogP contribution in [0, 0.1) is 0 Å². The van der Waals surface area contributed by atoms with Crippen molar-refractivity contribution >= 4 is 5.78 Å². The van der Waals surface area contributed by atoms with Crippen LogP contribution in [-0.4, -0.2) is 35.0 Å². The van der Waals surface area contributed by atoms with Crippen LogP contribution >= 0.6 is 0 Å². The van der Waals surface area contributed by atoms with Gasteiger partial charge in [-0.1, -0.05) is 30.3 Å². The molecule has 0 saturated carbocycles. The Hall–Kier alpha value is -1.19. The molecular formula is C13H17NO2. The SMILES string of the molecule is CN1C[C@](C)(O)C(=O)CC1c1ccccc1. The number of nitrogens with zero attached hydrogens (tertiary/aromatic N) is 1. The minimum Gasteiger partial charge on any atom is -0.381 e. The van der Waals surface area contributed by atoms with Crippen molar-refractivity contribution in [2.45, 2.75) is 25.0 Å². The second-order valence-electron chi connectivity index (χ2n) is 4.74. The molecule has 3 heteroatoms. The number of piperidine rings is 1. The van der Waals surface area contributed by atoms with Gasteiger partial charge in [-0.05, 0) is 19.5 Å². The Kier molecular flexibility index (Phi) is 2.82. The summed E-state index contributed by atoms with van der Waals surface area (Å²) >= 11 is 0. The van der Waals surface area contributed by atoms with E-state index in [1.54, 1.807) is 6.92 Å². The Morgan fingerprint density at radius 1 is 1.38 bits per heavy atom. The fraction of sp³-hybridized carbons (Fsp3) is 0.462. The number of hydrogen-bond acceptors (Lipinski definition) is 3. The van der Waals surface area contributed by atoms with Gasteiger partial charge in [0.2, 0.25) is 0 Å². The van der Waals surface area contributed by atoms with E-state index in [-0.39, 0.29) is 11.8 Å². The molecule has 1 unspecified atom stereocenters. The van der Waals surface area contributed by atoms with Gasteiger partial charge in [-0.3, -0.25) is 9.69 Å². The number of likely N-dealkylation sites (tertiary alicyclic amines) is 1. The van der Waals surface area contributed by atoms with Crippen LogP contribution in [0.3, 0.4) is 0 Å². The van der Waals surface area contributed by atoms with E-state index >= 15 is 0 Å². The number of Topliss-reactive ketones (excluding diaryl/α,β-unsaturated/α-hetero) is 1. The fourth-order valence-electron chi connectivity index (χ4n) is 2.28. The number of aliphatic hydroxyl groups is 1.